The van der Waals surface area contributed by atoms with E-state index in [1.54, 1.807) is 0 Å². The number of nitrogens with zero attached hydrogens (tertiary/aromatic N) is 1. The van der Waals surface area contributed by atoms with Gasteiger partial charge in [0, 0.05) is 30.9 Å². The van der Waals surface area contributed by atoms with Crippen LogP contribution in [0.4, 0.5) is 10.5 Å². The third kappa shape index (κ3) is 4.37. The summed E-state index contributed by atoms with van der Waals surface area (Å²) in [6.45, 7) is 5.81. The maximum Gasteiger partial charge on any atom is 0.321 e. The van der Waals surface area contributed by atoms with E-state index in [2.05, 4.69) is 47.4 Å². The van der Waals surface area contributed by atoms with Gasteiger partial charge in [-0.15, -0.1) is 0 Å². The van der Waals surface area contributed by atoms with Gasteiger partial charge in [0.05, 0.1) is 0 Å². The molecule has 2 unspecified atom stereocenters. The summed E-state index contributed by atoms with van der Waals surface area (Å²) in [5.41, 5.74) is 11.7. The number of anilines is 1. The number of aryl methyl sites for hydroxylation is 2. The molecule has 3 N–H and O–H groups in total. The number of amides is 2. The first kappa shape index (κ1) is 19.0. The fourth-order valence-corrected chi connectivity index (χ4v) is 4.43. The van der Waals surface area contributed by atoms with Crippen molar-refractivity contribution in [1.29, 1.82) is 0 Å². The largest absolute Gasteiger partial charge is 0.325 e. The molecule has 0 aliphatic carbocycles. The van der Waals surface area contributed by atoms with Gasteiger partial charge in [-0.05, 0) is 62.3 Å². The molecule has 2 heterocycles. The van der Waals surface area contributed by atoms with Crippen molar-refractivity contribution in [3.05, 3.63) is 65.2 Å². The zero-order valence-corrected chi connectivity index (χ0v) is 16.7. The molecule has 2 fully saturated rings. The number of benzene rings is 2. The Kier molecular flexibility index (Phi) is 5.64. The van der Waals surface area contributed by atoms with E-state index in [4.69, 9.17) is 0 Å². The highest BCUT2D eigenvalue weighted by molar-refractivity contribution is 5.89. The predicted octanol–water partition coefficient (Wildman–Crippen LogP) is 4.16. The standard InChI is InChI=1S/C23H30N4O/c1-16-5-3-7-19(13-16)22-15-21(25-26-22)18-9-11-27(12-10-18)23(28)24-20-8-4-6-17(2)14-20/h3-8,13-14,18,21-22,25-26H,9-12,15H2,1-2H3,(H,24,28). The number of hydrogen-bond donors (Lipinski definition) is 3. The molecule has 2 aromatic carbocycles. The van der Waals surface area contributed by atoms with Gasteiger partial charge in [0.25, 0.3) is 0 Å². The lowest BCUT2D eigenvalue weighted by Crippen LogP contribution is -2.45. The van der Waals surface area contributed by atoms with Crippen LogP contribution in [0.15, 0.2) is 48.5 Å². The van der Waals surface area contributed by atoms with Gasteiger partial charge in [0.2, 0.25) is 0 Å². The molecule has 148 valence electrons. The van der Waals surface area contributed by atoms with Crippen molar-refractivity contribution in [3.63, 3.8) is 0 Å². The molecule has 0 radical (unpaired) electrons. The van der Waals surface area contributed by atoms with Crippen LogP contribution in [0.5, 0.6) is 0 Å². The summed E-state index contributed by atoms with van der Waals surface area (Å²) >= 11 is 0. The van der Waals surface area contributed by atoms with Crippen molar-refractivity contribution in [2.24, 2.45) is 5.92 Å². The lowest BCUT2D eigenvalue weighted by atomic mass is 9.86. The Morgan fingerprint density at radius 1 is 1.00 bits per heavy atom. The lowest BCUT2D eigenvalue weighted by Gasteiger charge is -2.34. The number of hydrogen-bond acceptors (Lipinski definition) is 3. The van der Waals surface area contributed by atoms with E-state index >= 15 is 0 Å². The average Bonchev–Trinajstić information content (AvgIpc) is 3.18. The molecule has 2 saturated heterocycles. The van der Waals surface area contributed by atoms with Crippen molar-refractivity contribution in [2.45, 2.75) is 45.2 Å². The zero-order chi connectivity index (χ0) is 19.5. The molecule has 4 rings (SSSR count). The molecule has 0 bridgehead atoms. The van der Waals surface area contributed by atoms with Gasteiger partial charge in [-0.2, -0.15) is 0 Å². The molecular weight excluding hydrogens is 348 g/mol. The van der Waals surface area contributed by atoms with Crippen molar-refractivity contribution < 1.29 is 4.79 Å². The van der Waals surface area contributed by atoms with Gasteiger partial charge in [-0.3, -0.25) is 10.9 Å². The quantitative estimate of drug-likeness (QED) is 0.752. The topological polar surface area (TPSA) is 56.4 Å². The van der Waals surface area contributed by atoms with Crippen LogP contribution in [0.25, 0.3) is 0 Å². The lowest BCUT2D eigenvalue weighted by molar-refractivity contribution is 0.169. The number of carbonyl (C=O) groups is 1. The van der Waals surface area contributed by atoms with Gasteiger partial charge in [-0.1, -0.05) is 42.0 Å². The summed E-state index contributed by atoms with van der Waals surface area (Å²) in [6, 6.07) is 17.5. The summed E-state index contributed by atoms with van der Waals surface area (Å²) < 4.78 is 0. The van der Waals surface area contributed by atoms with Gasteiger partial charge < -0.3 is 10.2 Å². The van der Waals surface area contributed by atoms with E-state index in [-0.39, 0.29) is 6.03 Å². The molecule has 5 nitrogen and oxygen atoms in total. The Bertz CT molecular complexity index is 829. The number of likely N-dealkylation sites (tertiary alicyclic amines) is 1. The normalized spacial score (nSPS) is 23.0. The van der Waals surface area contributed by atoms with Crippen LogP contribution in [-0.2, 0) is 0 Å². The first-order valence-electron chi connectivity index (χ1n) is 10.3. The number of piperidine rings is 1. The van der Waals surface area contributed by atoms with Gasteiger partial charge >= 0.3 is 6.03 Å². The second kappa shape index (κ2) is 8.33. The van der Waals surface area contributed by atoms with Gasteiger partial charge in [-0.25, -0.2) is 4.79 Å². The van der Waals surface area contributed by atoms with Crippen molar-refractivity contribution in [1.82, 2.24) is 15.8 Å². The number of urea groups is 1. The SMILES string of the molecule is Cc1cccc(NC(=O)N2CCC(C3CC(c4cccc(C)c4)NN3)CC2)c1. The summed E-state index contributed by atoms with van der Waals surface area (Å²) in [7, 11) is 0. The highest BCUT2D eigenvalue weighted by atomic mass is 16.2. The van der Waals surface area contributed by atoms with E-state index < -0.39 is 0 Å². The Hall–Kier alpha value is -2.37. The molecule has 2 aliphatic heterocycles. The summed E-state index contributed by atoms with van der Waals surface area (Å²) in [4.78, 5) is 14.5. The fraction of sp³-hybridized carbons (Fsp3) is 0.435. The first-order valence-corrected chi connectivity index (χ1v) is 10.3. The van der Waals surface area contributed by atoms with E-state index in [1.165, 1.54) is 11.1 Å². The highest BCUT2D eigenvalue weighted by Crippen LogP contribution is 2.31. The minimum Gasteiger partial charge on any atom is -0.325 e. The minimum absolute atomic E-state index is 0.0131. The fourth-order valence-electron chi connectivity index (χ4n) is 4.43. The monoisotopic (exact) mass is 378 g/mol. The Labute approximate surface area is 167 Å². The van der Waals surface area contributed by atoms with Crippen molar-refractivity contribution in [2.75, 3.05) is 18.4 Å². The van der Waals surface area contributed by atoms with Gasteiger partial charge in [0.1, 0.15) is 0 Å². The average molecular weight is 379 g/mol. The molecule has 0 spiro atoms. The Balaban J connectivity index is 1.28. The van der Waals surface area contributed by atoms with Crippen LogP contribution in [0.2, 0.25) is 0 Å². The van der Waals surface area contributed by atoms with Crippen LogP contribution in [-0.4, -0.2) is 30.1 Å². The minimum atomic E-state index is 0.0131. The van der Waals surface area contributed by atoms with E-state index in [9.17, 15) is 4.79 Å². The number of nitrogens with one attached hydrogen (secondary N) is 3. The Morgan fingerprint density at radius 2 is 1.71 bits per heavy atom. The van der Waals surface area contributed by atoms with Crippen LogP contribution >= 0.6 is 0 Å². The van der Waals surface area contributed by atoms with Crippen LogP contribution in [0.1, 0.15) is 42.0 Å². The highest BCUT2D eigenvalue weighted by Gasteiger charge is 2.34. The molecule has 28 heavy (non-hydrogen) atoms. The predicted molar refractivity (Wildman–Crippen MR) is 113 cm³/mol. The van der Waals surface area contributed by atoms with Crippen molar-refractivity contribution in [3.8, 4) is 0 Å². The number of carbonyl (C=O) groups excluding carboxylic acids is 1. The van der Waals surface area contributed by atoms with E-state index in [0.29, 0.717) is 18.0 Å². The number of rotatable bonds is 3. The molecule has 0 saturated carbocycles. The third-order valence-corrected chi connectivity index (χ3v) is 6.04. The first-order chi connectivity index (χ1) is 13.6. The molecule has 5 heteroatoms. The maximum atomic E-state index is 12.6. The molecule has 2 aromatic rings. The van der Waals surface area contributed by atoms with Crippen LogP contribution < -0.4 is 16.2 Å². The Morgan fingerprint density at radius 3 is 2.43 bits per heavy atom. The van der Waals surface area contributed by atoms with Gasteiger partial charge in [0.15, 0.2) is 0 Å². The molecule has 2 atom stereocenters. The van der Waals surface area contributed by atoms with E-state index in [1.807, 2.05) is 36.1 Å². The summed E-state index contributed by atoms with van der Waals surface area (Å²) in [6.07, 6.45) is 3.19. The summed E-state index contributed by atoms with van der Waals surface area (Å²) in [5.74, 6) is 0.602. The third-order valence-electron chi connectivity index (χ3n) is 6.04. The second-order valence-corrected chi connectivity index (χ2v) is 8.22. The summed E-state index contributed by atoms with van der Waals surface area (Å²) in [5, 5.41) is 3.03. The second-order valence-electron chi connectivity index (χ2n) is 8.22. The number of hydrazine groups is 1. The van der Waals surface area contributed by atoms with Crippen molar-refractivity contribution >= 4 is 11.7 Å². The molecule has 2 aliphatic rings. The molecule has 2 amide bonds. The van der Waals surface area contributed by atoms with Crippen LogP contribution in [0.3, 0.4) is 0 Å². The molecule has 0 aromatic heterocycles. The van der Waals surface area contributed by atoms with Crippen LogP contribution in [0, 0.1) is 19.8 Å². The maximum absolute atomic E-state index is 12.6. The van der Waals surface area contributed by atoms with E-state index in [0.717, 1.165) is 43.6 Å². The molecular formula is C23H30N4O. The zero-order valence-electron chi connectivity index (χ0n) is 16.7. The smallest absolute Gasteiger partial charge is 0.321 e.